The van der Waals surface area contributed by atoms with Crippen LogP contribution in [-0.2, 0) is 11.3 Å². The largest absolute Gasteiger partial charge is 0.496 e. The van der Waals surface area contributed by atoms with Gasteiger partial charge in [-0.3, -0.25) is 4.79 Å². The number of nitrogens with zero attached hydrogens (tertiary/aromatic N) is 2. The summed E-state index contributed by atoms with van der Waals surface area (Å²) in [7, 11) is 3.06. The van der Waals surface area contributed by atoms with Gasteiger partial charge in [-0.05, 0) is 36.4 Å². The molecule has 0 saturated carbocycles. The van der Waals surface area contributed by atoms with E-state index in [1.807, 2.05) is 4.57 Å². The molecule has 0 aliphatic heterocycles. The van der Waals surface area contributed by atoms with Crippen LogP contribution in [0.1, 0.15) is 10.4 Å². The molecule has 3 rings (SSSR count). The van der Waals surface area contributed by atoms with Crippen LogP contribution in [-0.4, -0.2) is 31.3 Å². The Kier molecular flexibility index (Phi) is 5.70. The van der Waals surface area contributed by atoms with E-state index in [9.17, 15) is 9.18 Å². The SMILES string of the molecule is COCCn1c(=NC(=O)c2cc(Cl)ccc2OC)sc2cc(F)ccc21. The van der Waals surface area contributed by atoms with E-state index in [0.717, 1.165) is 5.52 Å². The Balaban J connectivity index is 2.14. The number of aromatic nitrogens is 1. The number of carbonyl (C=O) groups excluding carboxylic acids is 1. The highest BCUT2D eigenvalue weighted by molar-refractivity contribution is 7.16. The zero-order chi connectivity index (χ0) is 18.7. The average molecular weight is 395 g/mol. The van der Waals surface area contributed by atoms with Gasteiger partial charge in [0, 0.05) is 18.7 Å². The molecule has 8 heteroatoms. The minimum atomic E-state index is -0.484. The maximum atomic E-state index is 13.5. The lowest BCUT2D eigenvalue weighted by atomic mass is 10.2. The third kappa shape index (κ3) is 3.80. The van der Waals surface area contributed by atoms with Gasteiger partial charge in [0.1, 0.15) is 11.6 Å². The van der Waals surface area contributed by atoms with Gasteiger partial charge in [0.05, 0.1) is 29.5 Å². The van der Waals surface area contributed by atoms with Gasteiger partial charge < -0.3 is 14.0 Å². The van der Waals surface area contributed by atoms with Crippen LogP contribution in [0.4, 0.5) is 4.39 Å². The fraction of sp³-hybridized carbons (Fsp3) is 0.222. The van der Waals surface area contributed by atoms with Gasteiger partial charge in [-0.1, -0.05) is 22.9 Å². The van der Waals surface area contributed by atoms with Crippen molar-refractivity contribution in [2.24, 2.45) is 4.99 Å². The maximum absolute atomic E-state index is 13.5. The summed E-state index contributed by atoms with van der Waals surface area (Å²) in [4.78, 5) is 17.4. The van der Waals surface area contributed by atoms with E-state index in [1.54, 1.807) is 25.3 Å². The Hall–Kier alpha value is -2.22. The molecular weight excluding hydrogens is 379 g/mol. The number of thiazole rings is 1. The van der Waals surface area contributed by atoms with Crippen LogP contribution in [0.15, 0.2) is 41.4 Å². The number of hydrogen-bond acceptors (Lipinski definition) is 4. The molecular formula is C18H16ClFN2O3S. The monoisotopic (exact) mass is 394 g/mol. The first-order valence-corrected chi connectivity index (χ1v) is 8.93. The molecule has 0 aliphatic rings. The van der Waals surface area contributed by atoms with Crippen LogP contribution in [0, 0.1) is 5.82 Å². The van der Waals surface area contributed by atoms with Gasteiger partial charge in [0.2, 0.25) is 0 Å². The summed E-state index contributed by atoms with van der Waals surface area (Å²) >= 11 is 7.23. The van der Waals surface area contributed by atoms with Crippen molar-refractivity contribution in [2.45, 2.75) is 6.54 Å². The van der Waals surface area contributed by atoms with Crippen molar-refractivity contribution in [3.63, 3.8) is 0 Å². The Morgan fingerprint density at radius 1 is 1.27 bits per heavy atom. The first-order chi connectivity index (χ1) is 12.5. The summed E-state index contributed by atoms with van der Waals surface area (Å²) in [5.74, 6) is -0.437. The maximum Gasteiger partial charge on any atom is 0.283 e. The second-order valence-corrected chi connectivity index (χ2v) is 6.85. The van der Waals surface area contributed by atoms with Gasteiger partial charge in [-0.15, -0.1) is 0 Å². The number of halogens is 2. The molecule has 1 amide bonds. The molecule has 26 heavy (non-hydrogen) atoms. The number of rotatable bonds is 5. The number of fused-ring (bicyclic) bond motifs is 1. The van der Waals surface area contributed by atoms with E-state index < -0.39 is 5.91 Å². The average Bonchev–Trinajstić information content (AvgIpc) is 2.95. The van der Waals surface area contributed by atoms with Crippen molar-refractivity contribution in [2.75, 3.05) is 20.8 Å². The molecule has 0 spiro atoms. The number of hydrogen-bond donors (Lipinski definition) is 0. The van der Waals surface area contributed by atoms with Crippen LogP contribution < -0.4 is 9.54 Å². The van der Waals surface area contributed by atoms with Crippen molar-refractivity contribution in [1.82, 2.24) is 4.57 Å². The molecule has 3 aromatic rings. The molecule has 136 valence electrons. The van der Waals surface area contributed by atoms with Gasteiger partial charge in [0.15, 0.2) is 4.80 Å². The molecule has 0 aliphatic carbocycles. The standard InChI is InChI=1S/C18H16ClFN2O3S/c1-24-8-7-22-14-5-4-12(20)10-16(14)26-18(22)21-17(23)13-9-11(19)3-6-15(13)25-2/h3-6,9-10H,7-8H2,1-2H3. The normalized spacial score (nSPS) is 11.9. The van der Waals surface area contributed by atoms with Crippen LogP contribution in [0.3, 0.4) is 0 Å². The third-order valence-corrected chi connectivity index (χ3v) is 5.03. The smallest absolute Gasteiger partial charge is 0.283 e. The summed E-state index contributed by atoms with van der Waals surface area (Å²) < 4.78 is 26.4. The second-order valence-electron chi connectivity index (χ2n) is 5.40. The van der Waals surface area contributed by atoms with Gasteiger partial charge in [0.25, 0.3) is 5.91 Å². The Labute approximate surface area is 158 Å². The van der Waals surface area contributed by atoms with Crippen molar-refractivity contribution in [3.05, 3.63) is 57.6 Å². The molecule has 0 N–H and O–H groups in total. The summed E-state index contributed by atoms with van der Waals surface area (Å²) in [6.45, 7) is 0.923. The van der Waals surface area contributed by atoms with Gasteiger partial charge in [-0.25, -0.2) is 4.39 Å². The molecule has 0 radical (unpaired) electrons. The van der Waals surface area contributed by atoms with Crippen molar-refractivity contribution in [1.29, 1.82) is 0 Å². The third-order valence-electron chi connectivity index (χ3n) is 3.75. The molecule has 5 nitrogen and oxygen atoms in total. The topological polar surface area (TPSA) is 52.8 Å². The van der Waals surface area contributed by atoms with Gasteiger partial charge in [-0.2, -0.15) is 4.99 Å². The van der Waals surface area contributed by atoms with Crippen LogP contribution in [0.5, 0.6) is 5.75 Å². The Morgan fingerprint density at radius 2 is 2.08 bits per heavy atom. The zero-order valence-electron chi connectivity index (χ0n) is 14.2. The quantitative estimate of drug-likeness (QED) is 0.659. The van der Waals surface area contributed by atoms with Crippen LogP contribution in [0.2, 0.25) is 5.02 Å². The van der Waals surface area contributed by atoms with E-state index >= 15 is 0 Å². The van der Waals surface area contributed by atoms with Crippen molar-refractivity contribution >= 4 is 39.1 Å². The molecule has 0 fully saturated rings. The van der Waals surface area contributed by atoms with Crippen molar-refractivity contribution in [3.8, 4) is 5.75 Å². The lowest BCUT2D eigenvalue weighted by Crippen LogP contribution is -2.19. The van der Waals surface area contributed by atoms with Crippen molar-refractivity contribution < 1.29 is 18.7 Å². The lowest BCUT2D eigenvalue weighted by Gasteiger charge is -2.06. The number of ether oxygens (including phenoxy) is 2. The number of benzene rings is 2. The first kappa shape index (κ1) is 18.6. The van der Waals surface area contributed by atoms with Crippen LogP contribution >= 0.6 is 22.9 Å². The van der Waals surface area contributed by atoms with Gasteiger partial charge >= 0.3 is 0 Å². The van der Waals surface area contributed by atoms with E-state index in [4.69, 9.17) is 21.1 Å². The summed E-state index contributed by atoms with van der Waals surface area (Å²) in [5, 5.41) is 0.412. The fourth-order valence-electron chi connectivity index (χ4n) is 2.53. The number of methoxy groups -OCH3 is 2. The molecule has 0 saturated heterocycles. The van der Waals surface area contributed by atoms with E-state index in [1.165, 1.54) is 36.6 Å². The highest BCUT2D eigenvalue weighted by Crippen LogP contribution is 2.24. The molecule has 0 bridgehead atoms. The highest BCUT2D eigenvalue weighted by Gasteiger charge is 2.14. The van der Waals surface area contributed by atoms with E-state index in [-0.39, 0.29) is 11.4 Å². The molecule has 0 unspecified atom stereocenters. The summed E-state index contributed by atoms with van der Waals surface area (Å²) in [6.07, 6.45) is 0. The number of carbonyl (C=O) groups is 1. The van der Waals surface area contributed by atoms with E-state index in [2.05, 4.69) is 4.99 Å². The molecule has 1 heterocycles. The predicted octanol–water partition coefficient (Wildman–Crippen LogP) is 3.89. The Bertz CT molecular complexity index is 1030. The molecule has 1 aromatic heterocycles. The summed E-state index contributed by atoms with van der Waals surface area (Å²) in [6, 6.07) is 9.23. The minimum Gasteiger partial charge on any atom is -0.496 e. The predicted molar refractivity (Wildman–Crippen MR) is 99.5 cm³/mol. The van der Waals surface area contributed by atoms with E-state index in [0.29, 0.717) is 33.4 Å². The Morgan fingerprint density at radius 3 is 2.81 bits per heavy atom. The first-order valence-electron chi connectivity index (χ1n) is 7.74. The molecule has 0 atom stereocenters. The zero-order valence-corrected chi connectivity index (χ0v) is 15.7. The highest BCUT2D eigenvalue weighted by atomic mass is 35.5. The molecule has 2 aromatic carbocycles. The summed E-state index contributed by atoms with van der Waals surface area (Å²) in [5.41, 5.74) is 1.06. The van der Waals surface area contributed by atoms with Crippen LogP contribution in [0.25, 0.3) is 10.2 Å². The minimum absolute atomic E-state index is 0.266. The lowest BCUT2D eigenvalue weighted by molar-refractivity contribution is 0.0994. The second kappa shape index (κ2) is 7.99. The number of amides is 1. The fourth-order valence-corrected chi connectivity index (χ4v) is 3.78.